The molecular weight excluding hydrogens is 716 g/mol. The largest absolute Gasteiger partial charge is 0.463 e. The van der Waals surface area contributed by atoms with Gasteiger partial charge in [0, 0.05) is 50.0 Å². The van der Waals surface area contributed by atoms with Gasteiger partial charge in [0.25, 0.3) is 0 Å². The normalized spacial score (nSPS) is 17.3. The van der Waals surface area contributed by atoms with Crippen LogP contribution >= 0.6 is 0 Å². The van der Waals surface area contributed by atoms with E-state index in [2.05, 4.69) is 26.3 Å². The molecule has 300 valence electrons. The van der Waals surface area contributed by atoms with Crippen molar-refractivity contribution in [3.8, 4) is 0 Å². The van der Waals surface area contributed by atoms with E-state index in [9.17, 15) is 38.4 Å². The molecular formula is C37H50O17. The highest BCUT2D eigenvalue weighted by atomic mass is 16.7. The summed E-state index contributed by atoms with van der Waals surface area (Å²) in [5, 5.41) is 0. The van der Waals surface area contributed by atoms with Gasteiger partial charge >= 0.3 is 47.8 Å². The van der Waals surface area contributed by atoms with Crippen LogP contribution in [0.3, 0.4) is 0 Å². The molecule has 1 fully saturated rings. The lowest BCUT2D eigenvalue weighted by atomic mass is 10.0. The van der Waals surface area contributed by atoms with Gasteiger partial charge in [-0.1, -0.05) is 26.3 Å². The molecule has 1 saturated heterocycles. The maximum Gasteiger partial charge on any atom is 0.330 e. The molecule has 0 aromatic carbocycles. The average molecular weight is 767 g/mol. The third-order valence-electron chi connectivity index (χ3n) is 7.19. The Bertz CT molecular complexity index is 1210. The molecule has 17 heteroatoms. The summed E-state index contributed by atoms with van der Waals surface area (Å²) in [5.41, 5.74) is 0. The van der Waals surface area contributed by atoms with Crippen molar-refractivity contribution in [2.45, 2.75) is 102 Å². The second kappa shape index (κ2) is 28.2. The lowest BCUT2D eigenvalue weighted by molar-refractivity contribution is -0.275. The Labute approximate surface area is 313 Å². The third kappa shape index (κ3) is 21.3. The molecule has 0 aromatic rings. The topological polar surface area (TPSA) is 220 Å². The van der Waals surface area contributed by atoms with Crippen LogP contribution in [-0.2, 0) is 81.0 Å². The Morgan fingerprint density at radius 3 is 1.11 bits per heavy atom. The van der Waals surface area contributed by atoms with Crippen molar-refractivity contribution >= 4 is 47.8 Å². The fourth-order valence-electron chi connectivity index (χ4n) is 4.46. The van der Waals surface area contributed by atoms with Crippen LogP contribution in [0.25, 0.3) is 0 Å². The van der Waals surface area contributed by atoms with E-state index < -0.39 is 79.0 Å². The van der Waals surface area contributed by atoms with Gasteiger partial charge in [-0.05, 0) is 51.4 Å². The number of rotatable bonds is 28. The minimum atomic E-state index is -1.59. The smallest absolute Gasteiger partial charge is 0.330 e. The van der Waals surface area contributed by atoms with E-state index in [4.69, 9.17) is 42.6 Å². The van der Waals surface area contributed by atoms with Crippen LogP contribution in [0.4, 0.5) is 0 Å². The van der Waals surface area contributed by atoms with Crippen molar-refractivity contribution < 1.29 is 81.0 Å². The Balaban J connectivity index is 3.12. The molecule has 0 radical (unpaired) electrons. The van der Waals surface area contributed by atoms with E-state index in [1.807, 2.05) is 0 Å². The standard InChI is InChI=1S/C37H50O17/c1-5-27(38)46-21-13-9-17-31(42)51-26-25-50-37(54-34(45)20-12-16-24-49-30(41)8-4)36(53-33(44)19-11-15-23-48-29(40)7-3)35(26)52-32(43)18-10-14-22-47-28(39)6-2/h5-8,26,35-37H,1-4,9-25H2/t26-,35?,36-,37+/m1/s1. The number of hydrogen-bond donors (Lipinski definition) is 0. The molecule has 54 heavy (non-hydrogen) atoms. The first-order valence-electron chi connectivity index (χ1n) is 17.5. The number of ether oxygens (including phenoxy) is 9. The molecule has 0 spiro atoms. The first-order valence-corrected chi connectivity index (χ1v) is 17.5. The molecule has 0 aromatic heterocycles. The molecule has 0 N–H and O–H groups in total. The average Bonchev–Trinajstić information content (AvgIpc) is 3.15. The van der Waals surface area contributed by atoms with Gasteiger partial charge in [0.1, 0.15) is 0 Å². The predicted molar refractivity (Wildman–Crippen MR) is 185 cm³/mol. The van der Waals surface area contributed by atoms with Gasteiger partial charge in [0.05, 0.1) is 33.0 Å². The minimum absolute atomic E-state index is 0.0133. The Morgan fingerprint density at radius 1 is 0.444 bits per heavy atom. The van der Waals surface area contributed by atoms with Crippen molar-refractivity contribution in [3.05, 3.63) is 50.6 Å². The van der Waals surface area contributed by atoms with E-state index in [1.165, 1.54) is 0 Å². The minimum Gasteiger partial charge on any atom is -0.463 e. The van der Waals surface area contributed by atoms with Gasteiger partial charge in [-0.2, -0.15) is 0 Å². The van der Waals surface area contributed by atoms with Gasteiger partial charge in [-0.15, -0.1) is 0 Å². The number of hydrogen-bond acceptors (Lipinski definition) is 17. The summed E-state index contributed by atoms with van der Waals surface area (Å²) < 4.78 is 47.8. The first kappa shape index (κ1) is 46.7. The summed E-state index contributed by atoms with van der Waals surface area (Å²) in [6.45, 7) is 12.9. The van der Waals surface area contributed by atoms with Crippen molar-refractivity contribution in [2.24, 2.45) is 0 Å². The molecule has 17 nitrogen and oxygen atoms in total. The molecule has 1 rings (SSSR count). The van der Waals surface area contributed by atoms with Crippen LogP contribution in [0, 0.1) is 0 Å². The zero-order chi connectivity index (χ0) is 40.1. The molecule has 0 bridgehead atoms. The highest BCUT2D eigenvalue weighted by Crippen LogP contribution is 2.27. The van der Waals surface area contributed by atoms with Crippen molar-refractivity contribution in [2.75, 3.05) is 33.0 Å². The van der Waals surface area contributed by atoms with E-state index in [0.717, 1.165) is 24.3 Å². The third-order valence-corrected chi connectivity index (χ3v) is 7.19. The second-order valence-electron chi connectivity index (χ2n) is 11.4. The number of carbonyl (C=O) groups excluding carboxylic acids is 8. The molecule has 1 heterocycles. The zero-order valence-electron chi connectivity index (χ0n) is 30.4. The summed E-state index contributed by atoms with van der Waals surface area (Å²) in [4.78, 5) is 96.9. The Kier molecular flexibility index (Phi) is 24.4. The second-order valence-corrected chi connectivity index (χ2v) is 11.4. The fraction of sp³-hybridized carbons (Fsp3) is 0.568. The molecule has 1 aliphatic heterocycles. The van der Waals surface area contributed by atoms with Crippen LogP contribution in [0.1, 0.15) is 77.0 Å². The van der Waals surface area contributed by atoms with E-state index in [1.54, 1.807) is 0 Å². The van der Waals surface area contributed by atoms with Gasteiger partial charge in [-0.25, -0.2) is 19.2 Å². The van der Waals surface area contributed by atoms with Gasteiger partial charge < -0.3 is 42.6 Å². The quantitative estimate of drug-likeness (QED) is 0.0483. The van der Waals surface area contributed by atoms with Crippen molar-refractivity contribution in [1.29, 1.82) is 0 Å². The lowest BCUT2D eigenvalue weighted by Gasteiger charge is -2.40. The van der Waals surface area contributed by atoms with E-state index >= 15 is 0 Å². The highest BCUT2D eigenvalue weighted by Gasteiger charge is 2.49. The van der Waals surface area contributed by atoms with Crippen LogP contribution in [-0.4, -0.2) is 105 Å². The van der Waals surface area contributed by atoms with E-state index in [0.29, 0.717) is 25.7 Å². The SMILES string of the molecule is C=CC(=O)OCCCCC(=O)OC1[C@@H](OC(=O)CCCCOC(=O)C=C)[C@H](OC(=O)CCCCOC(=O)C=C)OC[C@H]1OC(=O)CCCCOC(=O)C=C. The summed E-state index contributed by atoms with van der Waals surface area (Å²) in [6.07, 6.45) is -0.335. The van der Waals surface area contributed by atoms with Crippen LogP contribution in [0.15, 0.2) is 50.6 Å². The number of unbranched alkanes of at least 4 members (excludes halogenated alkanes) is 4. The van der Waals surface area contributed by atoms with Gasteiger partial charge in [-0.3, -0.25) is 19.2 Å². The van der Waals surface area contributed by atoms with Crippen LogP contribution < -0.4 is 0 Å². The van der Waals surface area contributed by atoms with E-state index in [-0.39, 0.29) is 77.8 Å². The summed E-state index contributed by atoms with van der Waals surface area (Å²) >= 11 is 0. The van der Waals surface area contributed by atoms with Gasteiger partial charge in [0.2, 0.25) is 12.4 Å². The van der Waals surface area contributed by atoms with Crippen LogP contribution in [0.2, 0.25) is 0 Å². The molecule has 1 aliphatic rings. The number of esters is 8. The highest BCUT2D eigenvalue weighted by molar-refractivity contribution is 5.82. The monoisotopic (exact) mass is 766 g/mol. The van der Waals surface area contributed by atoms with Crippen LogP contribution in [0.5, 0.6) is 0 Å². The molecule has 1 unspecified atom stereocenters. The Hall–Kier alpha value is -5.32. The number of carbonyl (C=O) groups is 8. The first-order chi connectivity index (χ1) is 25.9. The molecule has 4 atom stereocenters. The summed E-state index contributed by atoms with van der Waals surface area (Å²) in [7, 11) is 0. The van der Waals surface area contributed by atoms with Crippen molar-refractivity contribution in [3.63, 3.8) is 0 Å². The summed E-state index contributed by atoms with van der Waals surface area (Å²) in [6, 6.07) is 0. The summed E-state index contributed by atoms with van der Waals surface area (Å²) in [5.74, 6) is -5.57. The molecule has 0 aliphatic carbocycles. The molecule has 0 saturated carbocycles. The van der Waals surface area contributed by atoms with Gasteiger partial charge in [0.15, 0.2) is 12.2 Å². The Morgan fingerprint density at radius 2 is 0.759 bits per heavy atom. The zero-order valence-corrected chi connectivity index (χ0v) is 30.4. The molecule has 0 amide bonds. The predicted octanol–water partition coefficient (Wildman–Crippen LogP) is 3.22. The maximum atomic E-state index is 13.1. The lowest BCUT2D eigenvalue weighted by Crippen LogP contribution is -2.58. The fourth-order valence-corrected chi connectivity index (χ4v) is 4.46. The maximum absolute atomic E-state index is 13.1. The van der Waals surface area contributed by atoms with Crippen molar-refractivity contribution in [1.82, 2.24) is 0 Å².